The van der Waals surface area contributed by atoms with E-state index in [0.29, 0.717) is 17.6 Å². The Labute approximate surface area is 122 Å². The molecule has 0 saturated heterocycles. The second kappa shape index (κ2) is 5.37. The molecule has 1 aliphatic carbocycles. The van der Waals surface area contributed by atoms with E-state index in [1.807, 2.05) is 42.5 Å². The SMILES string of the molecule is COc1ccc(CC2=Cc3ccccc3C(=O)C2=O)cc1. The van der Waals surface area contributed by atoms with E-state index in [-0.39, 0.29) is 0 Å². The van der Waals surface area contributed by atoms with Crippen LogP contribution in [0.25, 0.3) is 6.08 Å². The van der Waals surface area contributed by atoms with Crippen LogP contribution in [0.4, 0.5) is 0 Å². The third-order valence-corrected chi connectivity index (χ3v) is 3.59. The summed E-state index contributed by atoms with van der Waals surface area (Å²) in [5, 5.41) is 0. The number of ketones is 2. The lowest BCUT2D eigenvalue weighted by molar-refractivity contribution is -0.111. The number of benzene rings is 2. The molecule has 104 valence electrons. The molecule has 3 nitrogen and oxygen atoms in total. The van der Waals surface area contributed by atoms with Crippen LogP contribution >= 0.6 is 0 Å². The second-order valence-corrected chi connectivity index (χ2v) is 4.94. The van der Waals surface area contributed by atoms with Gasteiger partial charge in [-0.2, -0.15) is 0 Å². The summed E-state index contributed by atoms with van der Waals surface area (Å²) in [5.74, 6) is -0.0646. The number of ether oxygens (including phenoxy) is 1. The highest BCUT2D eigenvalue weighted by molar-refractivity contribution is 6.51. The third-order valence-electron chi connectivity index (χ3n) is 3.59. The molecule has 0 N–H and O–H groups in total. The molecule has 1 aliphatic rings. The van der Waals surface area contributed by atoms with Gasteiger partial charge in [-0.3, -0.25) is 9.59 Å². The molecule has 0 amide bonds. The first-order chi connectivity index (χ1) is 10.2. The van der Waals surface area contributed by atoms with Crippen LogP contribution < -0.4 is 4.74 Å². The first kappa shape index (κ1) is 13.3. The van der Waals surface area contributed by atoms with E-state index in [1.165, 1.54) is 0 Å². The van der Waals surface area contributed by atoms with Gasteiger partial charge in [0, 0.05) is 17.6 Å². The molecule has 0 saturated carbocycles. The normalized spacial score (nSPS) is 13.7. The number of carbonyl (C=O) groups is 2. The van der Waals surface area contributed by atoms with E-state index >= 15 is 0 Å². The average molecular weight is 278 g/mol. The highest BCUT2D eigenvalue weighted by Gasteiger charge is 2.26. The van der Waals surface area contributed by atoms with Crippen molar-refractivity contribution in [3.05, 3.63) is 70.8 Å². The highest BCUT2D eigenvalue weighted by atomic mass is 16.5. The summed E-state index contributed by atoms with van der Waals surface area (Å²) >= 11 is 0. The molecular formula is C18H14O3. The fraction of sp³-hybridized carbons (Fsp3) is 0.111. The lowest BCUT2D eigenvalue weighted by atomic mass is 9.87. The number of hydrogen-bond acceptors (Lipinski definition) is 3. The standard InChI is InChI=1S/C18H14O3/c1-21-15-8-6-12(7-9-15)10-14-11-13-4-2-3-5-16(13)18(20)17(14)19/h2-9,11H,10H2,1H3. The van der Waals surface area contributed by atoms with Gasteiger partial charge in [0.2, 0.25) is 11.6 Å². The van der Waals surface area contributed by atoms with E-state index in [4.69, 9.17) is 4.74 Å². The fourth-order valence-electron chi connectivity index (χ4n) is 2.45. The van der Waals surface area contributed by atoms with Crippen molar-refractivity contribution in [2.24, 2.45) is 0 Å². The second-order valence-electron chi connectivity index (χ2n) is 4.94. The van der Waals surface area contributed by atoms with Crippen LogP contribution in [-0.2, 0) is 11.2 Å². The zero-order valence-electron chi connectivity index (χ0n) is 11.6. The number of allylic oxidation sites excluding steroid dienone is 1. The molecule has 3 rings (SSSR count). The number of rotatable bonds is 3. The van der Waals surface area contributed by atoms with Crippen molar-refractivity contribution in [2.45, 2.75) is 6.42 Å². The first-order valence-electron chi connectivity index (χ1n) is 6.70. The Balaban J connectivity index is 1.93. The smallest absolute Gasteiger partial charge is 0.233 e. The number of carbonyl (C=O) groups excluding carboxylic acids is 2. The maximum atomic E-state index is 12.2. The summed E-state index contributed by atoms with van der Waals surface area (Å²) < 4.78 is 5.11. The molecule has 2 aromatic rings. The molecule has 0 radical (unpaired) electrons. The third kappa shape index (κ3) is 2.50. The van der Waals surface area contributed by atoms with E-state index in [2.05, 4.69) is 0 Å². The van der Waals surface area contributed by atoms with Crippen LogP contribution in [0.15, 0.2) is 54.1 Å². The predicted molar refractivity (Wildman–Crippen MR) is 80.5 cm³/mol. The van der Waals surface area contributed by atoms with Gasteiger partial charge in [-0.15, -0.1) is 0 Å². The van der Waals surface area contributed by atoms with Gasteiger partial charge >= 0.3 is 0 Å². The topological polar surface area (TPSA) is 43.4 Å². The van der Waals surface area contributed by atoms with Gasteiger partial charge in [0.1, 0.15) is 5.75 Å². The number of fused-ring (bicyclic) bond motifs is 1. The molecule has 0 aliphatic heterocycles. The van der Waals surface area contributed by atoms with Crippen molar-refractivity contribution in [2.75, 3.05) is 7.11 Å². The van der Waals surface area contributed by atoms with Gasteiger partial charge in [-0.25, -0.2) is 0 Å². The molecule has 3 heteroatoms. The Bertz CT molecular complexity index is 739. The molecule has 0 fully saturated rings. The molecule has 2 aromatic carbocycles. The average Bonchev–Trinajstić information content (AvgIpc) is 2.53. The van der Waals surface area contributed by atoms with Crippen molar-refractivity contribution in [1.82, 2.24) is 0 Å². The number of hydrogen-bond donors (Lipinski definition) is 0. The maximum absolute atomic E-state index is 12.2. The Morgan fingerprint density at radius 3 is 2.33 bits per heavy atom. The van der Waals surface area contributed by atoms with Gasteiger partial charge in [0.15, 0.2) is 0 Å². The molecule has 0 unspecified atom stereocenters. The van der Waals surface area contributed by atoms with Crippen molar-refractivity contribution in [1.29, 1.82) is 0 Å². The van der Waals surface area contributed by atoms with Gasteiger partial charge in [0.05, 0.1) is 7.11 Å². The minimum atomic E-state index is -0.420. The van der Waals surface area contributed by atoms with Gasteiger partial charge < -0.3 is 4.74 Å². The summed E-state index contributed by atoms with van der Waals surface area (Å²) in [6.07, 6.45) is 2.26. The lowest BCUT2D eigenvalue weighted by Crippen LogP contribution is -2.22. The summed E-state index contributed by atoms with van der Waals surface area (Å²) in [5.41, 5.74) is 2.80. The van der Waals surface area contributed by atoms with Crippen LogP contribution in [0.1, 0.15) is 21.5 Å². The van der Waals surface area contributed by atoms with Crippen LogP contribution in [0, 0.1) is 0 Å². The van der Waals surface area contributed by atoms with Crippen LogP contribution in [0.5, 0.6) is 5.75 Å². The Morgan fingerprint density at radius 1 is 0.905 bits per heavy atom. The number of methoxy groups -OCH3 is 1. The van der Waals surface area contributed by atoms with Crippen molar-refractivity contribution < 1.29 is 14.3 Å². The van der Waals surface area contributed by atoms with Crippen molar-refractivity contribution in [3.63, 3.8) is 0 Å². The number of Topliss-reactive ketones (excluding diaryl/α,β-unsaturated/α-hetero) is 2. The molecule has 0 heterocycles. The van der Waals surface area contributed by atoms with Gasteiger partial charge in [-0.05, 0) is 29.3 Å². The largest absolute Gasteiger partial charge is 0.497 e. The zero-order valence-corrected chi connectivity index (χ0v) is 11.6. The molecule has 0 bridgehead atoms. The first-order valence-corrected chi connectivity index (χ1v) is 6.70. The zero-order chi connectivity index (χ0) is 14.8. The molecular weight excluding hydrogens is 264 g/mol. The van der Waals surface area contributed by atoms with Gasteiger partial charge in [0.25, 0.3) is 0 Å². The van der Waals surface area contributed by atoms with Crippen molar-refractivity contribution in [3.8, 4) is 5.75 Å². The Hall–Kier alpha value is -2.68. The molecule has 0 atom stereocenters. The summed E-state index contributed by atoms with van der Waals surface area (Å²) in [4.78, 5) is 24.3. The highest BCUT2D eigenvalue weighted by Crippen LogP contribution is 2.24. The monoisotopic (exact) mass is 278 g/mol. The Kier molecular flexibility index (Phi) is 3.40. The molecule has 21 heavy (non-hydrogen) atoms. The summed E-state index contributed by atoms with van der Waals surface area (Å²) in [7, 11) is 1.61. The van der Waals surface area contributed by atoms with E-state index in [9.17, 15) is 9.59 Å². The quantitative estimate of drug-likeness (QED) is 0.810. The van der Waals surface area contributed by atoms with Crippen molar-refractivity contribution >= 4 is 17.6 Å². The van der Waals surface area contributed by atoms with Crippen LogP contribution in [-0.4, -0.2) is 18.7 Å². The fourth-order valence-corrected chi connectivity index (χ4v) is 2.45. The van der Waals surface area contributed by atoms with E-state index < -0.39 is 11.6 Å². The van der Waals surface area contributed by atoms with E-state index in [1.54, 1.807) is 19.2 Å². The van der Waals surface area contributed by atoms with Crippen LogP contribution in [0.2, 0.25) is 0 Å². The predicted octanol–water partition coefficient (Wildman–Crippen LogP) is 3.09. The minimum absolute atomic E-state index is 0.412. The Morgan fingerprint density at radius 2 is 1.62 bits per heavy atom. The minimum Gasteiger partial charge on any atom is -0.497 e. The summed E-state index contributed by atoms with van der Waals surface area (Å²) in [6.45, 7) is 0. The molecule has 0 aromatic heterocycles. The lowest BCUT2D eigenvalue weighted by Gasteiger charge is -2.14. The molecule has 0 spiro atoms. The summed E-state index contributed by atoms with van der Waals surface area (Å²) in [6, 6.07) is 14.7. The van der Waals surface area contributed by atoms with Crippen LogP contribution in [0.3, 0.4) is 0 Å². The van der Waals surface area contributed by atoms with Gasteiger partial charge in [-0.1, -0.05) is 36.4 Å². The maximum Gasteiger partial charge on any atom is 0.233 e. The van der Waals surface area contributed by atoms with E-state index in [0.717, 1.165) is 16.9 Å².